The summed E-state index contributed by atoms with van der Waals surface area (Å²) < 4.78 is 0. The Bertz CT molecular complexity index is 342. The first-order valence-corrected chi connectivity index (χ1v) is 5.28. The molecule has 0 aliphatic rings. The van der Waals surface area contributed by atoms with Crippen LogP contribution in [-0.2, 0) is 0 Å². The molecule has 0 spiro atoms. The zero-order chi connectivity index (χ0) is 11.3. The molecule has 0 fully saturated rings. The van der Waals surface area contributed by atoms with Crippen molar-refractivity contribution in [2.75, 3.05) is 25.0 Å². The highest BCUT2D eigenvalue weighted by atomic mass is 15.1. The van der Waals surface area contributed by atoms with Crippen LogP contribution in [0.1, 0.15) is 11.1 Å². The smallest absolute Gasteiger partial charge is 0.0396 e. The summed E-state index contributed by atoms with van der Waals surface area (Å²) in [6.07, 6.45) is 4.08. The number of hydrogen-bond donors (Lipinski definition) is 1. The lowest BCUT2D eigenvalue weighted by atomic mass is 10.1. The molecule has 82 valence electrons. The van der Waals surface area contributed by atoms with Crippen molar-refractivity contribution in [3.63, 3.8) is 0 Å². The van der Waals surface area contributed by atoms with Gasteiger partial charge in [-0.2, -0.15) is 0 Å². The first-order valence-electron chi connectivity index (χ1n) is 5.28. The maximum absolute atomic E-state index is 5.40. The summed E-state index contributed by atoms with van der Waals surface area (Å²) >= 11 is 0. The minimum atomic E-state index is 0.612. The second-order valence-corrected chi connectivity index (χ2v) is 3.88. The summed E-state index contributed by atoms with van der Waals surface area (Å²) in [6, 6.07) is 6.52. The highest BCUT2D eigenvalue weighted by molar-refractivity contribution is 5.54. The fourth-order valence-electron chi connectivity index (χ4n) is 1.66. The fraction of sp³-hybridized carbons (Fsp3) is 0.385. The van der Waals surface area contributed by atoms with E-state index in [2.05, 4.69) is 50.1 Å². The van der Waals surface area contributed by atoms with Gasteiger partial charge in [-0.1, -0.05) is 29.8 Å². The van der Waals surface area contributed by atoms with Crippen molar-refractivity contribution in [2.45, 2.75) is 13.8 Å². The van der Waals surface area contributed by atoms with Crippen LogP contribution in [0.3, 0.4) is 0 Å². The third kappa shape index (κ3) is 3.40. The zero-order valence-electron chi connectivity index (χ0n) is 9.83. The largest absolute Gasteiger partial charge is 0.371 e. The van der Waals surface area contributed by atoms with Crippen LogP contribution in [0.2, 0.25) is 0 Å². The Kier molecular flexibility index (Phi) is 4.37. The van der Waals surface area contributed by atoms with E-state index < -0.39 is 0 Å². The van der Waals surface area contributed by atoms with Gasteiger partial charge in [0.25, 0.3) is 0 Å². The van der Waals surface area contributed by atoms with E-state index in [9.17, 15) is 0 Å². The third-order valence-electron chi connectivity index (χ3n) is 2.45. The SMILES string of the molecule is Cc1ccc(N(C)CC=CCN)c(C)c1. The Balaban J connectivity index is 2.73. The minimum absolute atomic E-state index is 0.612. The molecule has 2 N–H and O–H groups in total. The maximum atomic E-state index is 5.40. The van der Waals surface area contributed by atoms with E-state index in [0.29, 0.717) is 6.54 Å². The molecule has 0 atom stereocenters. The van der Waals surface area contributed by atoms with Crippen molar-refractivity contribution in [2.24, 2.45) is 5.73 Å². The molecule has 0 saturated carbocycles. The molecule has 0 heterocycles. The van der Waals surface area contributed by atoms with Crippen LogP contribution in [0.15, 0.2) is 30.4 Å². The second-order valence-electron chi connectivity index (χ2n) is 3.88. The van der Waals surface area contributed by atoms with E-state index in [0.717, 1.165) is 6.54 Å². The van der Waals surface area contributed by atoms with Gasteiger partial charge < -0.3 is 10.6 Å². The molecule has 0 unspecified atom stereocenters. The lowest BCUT2D eigenvalue weighted by molar-refractivity contribution is 1.01. The van der Waals surface area contributed by atoms with Crippen LogP contribution in [0.5, 0.6) is 0 Å². The normalized spacial score (nSPS) is 10.9. The van der Waals surface area contributed by atoms with E-state index in [-0.39, 0.29) is 0 Å². The topological polar surface area (TPSA) is 29.3 Å². The molecule has 0 amide bonds. The number of aryl methyl sites for hydroxylation is 2. The van der Waals surface area contributed by atoms with Gasteiger partial charge in [0.15, 0.2) is 0 Å². The molecule has 1 aromatic carbocycles. The highest BCUT2D eigenvalue weighted by Crippen LogP contribution is 2.19. The lowest BCUT2D eigenvalue weighted by Crippen LogP contribution is -2.18. The van der Waals surface area contributed by atoms with Gasteiger partial charge in [-0.25, -0.2) is 0 Å². The maximum Gasteiger partial charge on any atom is 0.0396 e. The molecule has 0 aliphatic carbocycles. The van der Waals surface area contributed by atoms with Gasteiger partial charge in [-0.15, -0.1) is 0 Å². The molecule has 15 heavy (non-hydrogen) atoms. The number of benzene rings is 1. The Morgan fingerprint density at radius 1 is 1.27 bits per heavy atom. The van der Waals surface area contributed by atoms with Crippen LogP contribution in [0, 0.1) is 13.8 Å². The molecule has 0 aliphatic heterocycles. The number of hydrogen-bond acceptors (Lipinski definition) is 2. The molecule has 1 aromatic rings. The molecular weight excluding hydrogens is 184 g/mol. The van der Waals surface area contributed by atoms with Gasteiger partial charge in [0.05, 0.1) is 0 Å². The summed E-state index contributed by atoms with van der Waals surface area (Å²) in [5.41, 5.74) is 9.30. The third-order valence-corrected chi connectivity index (χ3v) is 2.45. The van der Waals surface area contributed by atoms with Crippen LogP contribution < -0.4 is 10.6 Å². The quantitative estimate of drug-likeness (QED) is 0.762. The molecule has 2 nitrogen and oxygen atoms in total. The minimum Gasteiger partial charge on any atom is -0.371 e. The van der Waals surface area contributed by atoms with Gasteiger partial charge in [0, 0.05) is 25.8 Å². The van der Waals surface area contributed by atoms with Crippen LogP contribution in [0.4, 0.5) is 5.69 Å². The molecule has 0 radical (unpaired) electrons. The predicted octanol–water partition coefficient (Wildman–Crippen LogP) is 2.25. The van der Waals surface area contributed by atoms with E-state index in [4.69, 9.17) is 5.73 Å². The summed E-state index contributed by atoms with van der Waals surface area (Å²) in [6.45, 7) is 5.78. The number of rotatable bonds is 4. The van der Waals surface area contributed by atoms with Crippen molar-refractivity contribution < 1.29 is 0 Å². The van der Waals surface area contributed by atoms with Crippen molar-refractivity contribution in [3.05, 3.63) is 41.5 Å². The lowest BCUT2D eigenvalue weighted by Gasteiger charge is -2.20. The van der Waals surface area contributed by atoms with E-state index >= 15 is 0 Å². The zero-order valence-corrected chi connectivity index (χ0v) is 9.83. The molecule has 0 aromatic heterocycles. The molecule has 0 bridgehead atoms. The number of nitrogens with zero attached hydrogens (tertiary/aromatic N) is 1. The van der Waals surface area contributed by atoms with Crippen LogP contribution in [0.25, 0.3) is 0 Å². The second kappa shape index (κ2) is 5.56. The average molecular weight is 204 g/mol. The van der Waals surface area contributed by atoms with E-state index in [1.54, 1.807) is 0 Å². The molecule has 1 rings (SSSR count). The first-order chi connectivity index (χ1) is 7.15. The standard InChI is InChI=1S/C13H20N2/c1-11-6-7-13(12(2)10-11)15(3)9-5-4-8-14/h4-7,10H,8-9,14H2,1-3H3. The van der Waals surface area contributed by atoms with Gasteiger partial charge in [0.2, 0.25) is 0 Å². The summed E-state index contributed by atoms with van der Waals surface area (Å²) in [4.78, 5) is 2.22. The number of nitrogens with two attached hydrogens (primary N) is 1. The van der Waals surface area contributed by atoms with E-state index in [1.807, 2.05) is 6.08 Å². The Morgan fingerprint density at radius 2 is 2.00 bits per heavy atom. The van der Waals surface area contributed by atoms with Crippen LogP contribution in [-0.4, -0.2) is 20.1 Å². The Hall–Kier alpha value is -1.28. The molecule has 0 saturated heterocycles. The summed E-state index contributed by atoms with van der Waals surface area (Å²) in [5.74, 6) is 0. The highest BCUT2D eigenvalue weighted by Gasteiger charge is 2.02. The fourth-order valence-corrected chi connectivity index (χ4v) is 1.66. The Morgan fingerprint density at radius 3 is 2.60 bits per heavy atom. The average Bonchev–Trinajstić information content (AvgIpc) is 2.17. The van der Waals surface area contributed by atoms with Gasteiger partial charge >= 0.3 is 0 Å². The van der Waals surface area contributed by atoms with Gasteiger partial charge in [0.1, 0.15) is 0 Å². The monoisotopic (exact) mass is 204 g/mol. The summed E-state index contributed by atoms with van der Waals surface area (Å²) in [5, 5.41) is 0. The van der Waals surface area contributed by atoms with Crippen molar-refractivity contribution >= 4 is 5.69 Å². The van der Waals surface area contributed by atoms with E-state index in [1.165, 1.54) is 16.8 Å². The molecule has 2 heteroatoms. The van der Waals surface area contributed by atoms with Crippen molar-refractivity contribution in [1.82, 2.24) is 0 Å². The number of anilines is 1. The van der Waals surface area contributed by atoms with Crippen molar-refractivity contribution in [1.29, 1.82) is 0 Å². The van der Waals surface area contributed by atoms with Gasteiger partial charge in [-0.05, 0) is 25.5 Å². The van der Waals surface area contributed by atoms with Gasteiger partial charge in [-0.3, -0.25) is 0 Å². The number of likely N-dealkylation sites (N-methyl/N-ethyl adjacent to an activating group) is 1. The Labute approximate surface area is 92.4 Å². The van der Waals surface area contributed by atoms with Crippen LogP contribution >= 0.6 is 0 Å². The first kappa shape index (κ1) is 11.8. The summed E-state index contributed by atoms with van der Waals surface area (Å²) in [7, 11) is 2.10. The van der Waals surface area contributed by atoms with Crippen molar-refractivity contribution in [3.8, 4) is 0 Å². The predicted molar refractivity (Wildman–Crippen MR) is 67.4 cm³/mol. The molecular formula is C13H20N2.